The number of aromatic nitrogens is 1. The zero-order chi connectivity index (χ0) is 20.9. The fourth-order valence-electron chi connectivity index (χ4n) is 3.70. The van der Waals surface area contributed by atoms with E-state index in [-0.39, 0.29) is 24.1 Å². The van der Waals surface area contributed by atoms with Crippen molar-refractivity contribution in [2.24, 2.45) is 0 Å². The van der Waals surface area contributed by atoms with Crippen molar-refractivity contribution >= 4 is 45.0 Å². The molecular weight excluding hydrogens is 437 g/mol. The van der Waals surface area contributed by atoms with E-state index in [9.17, 15) is 9.18 Å². The monoisotopic (exact) mass is 463 g/mol. The summed E-state index contributed by atoms with van der Waals surface area (Å²) in [5.74, 6) is -0.273. The van der Waals surface area contributed by atoms with Gasteiger partial charge in [-0.25, -0.2) is 9.37 Å². The molecule has 0 radical (unpaired) electrons. The molecule has 2 heterocycles. The average Bonchev–Trinajstić information content (AvgIpc) is 3.14. The lowest BCUT2D eigenvalue weighted by Gasteiger charge is -2.27. The molecule has 0 aliphatic carbocycles. The van der Waals surface area contributed by atoms with Gasteiger partial charge >= 0.3 is 0 Å². The number of amides is 1. The molecule has 2 aromatic carbocycles. The molecule has 1 aromatic heterocycles. The van der Waals surface area contributed by atoms with E-state index >= 15 is 0 Å². The quantitative estimate of drug-likeness (QED) is 0.519. The van der Waals surface area contributed by atoms with Crippen LogP contribution in [0, 0.1) is 12.7 Å². The van der Waals surface area contributed by atoms with Gasteiger partial charge < -0.3 is 4.74 Å². The number of aryl methyl sites for hydroxylation is 1. The third-order valence-electron chi connectivity index (χ3n) is 5.27. The van der Waals surface area contributed by atoms with Gasteiger partial charge in [0.1, 0.15) is 5.82 Å². The second kappa shape index (κ2) is 11.0. The molecule has 0 bridgehead atoms. The molecule has 0 saturated carbocycles. The number of anilines is 1. The highest BCUT2D eigenvalue weighted by Crippen LogP contribution is 2.30. The van der Waals surface area contributed by atoms with Gasteiger partial charge in [0, 0.05) is 26.2 Å². The Morgan fingerprint density at radius 1 is 1.23 bits per heavy atom. The van der Waals surface area contributed by atoms with Gasteiger partial charge in [0.2, 0.25) is 5.91 Å². The lowest BCUT2D eigenvalue weighted by molar-refractivity contribution is -0.118. The van der Waals surface area contributed by atoms with Crippen LogP contribution in [0.3, 0.4) is 0 Å². The van der Waals surface area contributed by atoms with E-state index in [4.69, 9.17) is 4.74 Å². The van der Waals surface area contributed by atoms with E-state index in [2.05, 4.69) is 9.88 Å². The third-order valence-corrected chi connectivity index (χ3v) is 6.31. The number of fused-ring (bicyclic) bond motifs is 1. The topological polar surface area (TPSA) is 45.7 Å². The Balaban J connectivity index is 0.00000272. The molecule has 0 spiro atoms. The summed E-state index contributed by atoms with van der Waals surface area (Å²) in [6, 6.07) is 12.6. The average molecular weight is 464 g/mol. The predicted molar refractivity (Wildman–Crippen MR) is 126 cm³/mol. The minimum atomic E-state index is -0.289. The Morgan fingerprint density at radius 3 is 2.81 bits per heavy atom. The van der Waals surface area contributed by atoms with Crippen LogP contribution in [0.2, 0.25) is 0 Å². The Hall–Kier alpha value is -2.06. The second-order valence-electron chi connectivity index (χ2n) is 7.63. The highest BCUT2D eigenvalue weighted by molar-refractivity contribution is 7.22. The number of hydrogen-bond donors (Lipinski definition) is 0. The molecule has 0 atom stereocenters. The lowest BCUT2D eigenvalue weighted by atomic mass is 10.1. The summed E-state index contributed by atoms with van der Waals surface area (Å²) in [4.78, 5) is 22.0. The van der Waals surface area contributed by atoms with Crippen molar-refractivity contribution in [1.82, 2.24) is 9.88 Å². The summed E-state index contributed by atoms with van der Waals surface area (Å²) < 4.78 is 19.8. The first-order valence-electron chi connectivity index (χ1n) is 10.3. The minimum absolute atomic E-state index is 0. The number of hydrogen-bond acceptors (Lipinski definition) is 5. The molecule has 0 N–H and O–H groups in total. The van der Waals surface area contributed by atoms with Gasteiger partial charge in [0.15, 0.2) is 5.13 Å². The van der Waals surface area contributed by atoms with E-state index in [0.29, 0.717) is 18.1 Å². The minimum Gasteiger partial charge on any atom is -0.379 e. The van der Waals surface area contributed by atoms with E-state index in [0.717, 1.165) is 60.6 Å². The number of halogens is 2. The predicted octanol–water partition coefficient (Wildman–Crippen LogP) is 4.46. The molecule has 1 aliphatic rings. The molecular formula is C23H27ClFN3O2S. The molecule has 1 aliphatic heterocycles. The van der Waals surface area contributed by atoms with Crippen LogP contribution < -0.4 is 4.90 Å². The maximum Gasteiger partial charge on any atom is 0.233 e. The molecule has 1 amide bonds. The third kappa shape index (κ3) is 6.23. The van der Waals surface area contributed by atoms with E-state index in [1.165, 1.54) is 23.5 Å². The summed E-state index contributed by atoms with van der Waals surface area (Å²) in [5, 5.41) is 0.634. The second-order valence-corrected chi connectivity index (χ2v) is 8.64. The number of thiazole rings is 1. The molecule has 166 valence electrons. The van der Waals surface area contributed by atoms with Crippen molar-refractivity contribution in [3.8, 4) is 0 Å². The standard InChI is InChI=1S/C23H26FN3O2S.ClH/c1-17-4-2-5-18(14-17)15-22(28)27(9-3-8-26-10-12-29-13-11-26)23-25-20-7-6-19(24)16-21(20)30-23;/h2,4-7,14,16H,3,8-13,15H2,1H3;1H. The molecule has 0 unspecified atom stereocenters. The number of morpholine rings is 1. The molecule has 31 heavy (non-hydrogen) atoms. The van der Waals surface area contributed by atoms with Gasteiger partial charge in [-0.1, -0.05) is 41.2 Å². The van der Waals surface area contributed by atoms with E-state index in [1.807, 2.05) is 31.2 Å². The summed E-state index contributed by atoms with van der Waals surface area (Å²) in [5.41, 5.74) is 2.85. The van der Waals surface area contributed by atoms with Crippen LogP contribution in [0.25, 0.3) is 10.2 Å². The number of ether oxygens (including phenoxy) is 1. The Bertz CT molecular complexity index is 1020. The normalized spacial score (nSPS) is 14.4. The fraction of sp³-hybridized carbons (Fsp3) is 0.391. The van der Waals surface area contributed by atoms with Gasteiger partial charge in [-0.05, 0) is 37.1 Å². The van der Waals surface area contributed by atoms with Gasteiger partial charge in [0.25, 0.3) is 0 Å². The lowest BCUT2D eigenvalue weighted by Crippen LogP contribution is -2.39. The van der Waals surface area contributed by atoms with Gasteiger partial charge in [-0.2, -0.15) is 0 Å². The molecule has 1 saturated heterocycles. The molecule has 1 fully saturated rings. The number of rotatable bonds is 7. The van der Waals surface area contributed by atoms with Crippen LogP contribution in [0.5, 0.6) is 0 Å². The van der Waals surface area contributed by atoms with Crippen LogP contribution >= 0.6 is 23.7 Å². The summed E-state index contributed by atoms with van der Waals surface area (Å²) in [7, 11) is 0. The Kier molecular flexibility index (Phi) is 8.37. The van der Waals surface area contributed by atoms with Crippen molar-refractivity contribution in [3.05, 3.63) is 59.4 Å². The zero-order valence-corrected chi connectivity index (χ0v) is 19.2. The highest BCUT2D eigenvalue weighted by Gasteiger charge is 2.21. The molecule has 5 nitrogen and oxygen atoms in total. The summed E-state index contributed by atoms with van der Waals surface area (Å²) in [6.07, 6.45) is 1.17. The highest BCUT2D eigenvalue weighted by atomic mass is 35.5. The maximum atomic E-state index is 13.6. The SMILES string of the molecule is Cc1cccc(CC(=O)N(CCCN2CCOCC2)c2nc3ccc(F)cc3s2)c1.Cl. The first kappa shape index (κ1) is 23.6. The first-order valence-corrected chi connectivity index (χ1v) is 11.1. The van der Waals surface area contributed by atoms with Gasteiger partial charge in [-0.15, -0.1) is 12.4 Å². The Labute approximate surface area is 192 Å². The van der Waals surface area contributed by atoms with Gasteiger partial charge in [-0.3, -0.25) is 14.6 Å². The summed E-state index contributed by atoms with van der Waals surface area (Å²) in [6.45, 7) is 6.91. The molecule has 4 rings (SSSR count). The van der Waals surface area contributed by atoms with Crippen LogP contribution in [-0.2, 0) is 16.0 Å². The number of carbonyl (C=O) groups is 1. The van der Waals surface area contributed by atoms with E-state index in [1.54, 1.807) is 11.0 Å². The van der Waals surface area contributed by atoms with Crippen molar-refractivity contribution in [3.63, 3.8) is 0 Å². The van der Waals surface area contributed by atoms with Crippen molar-refractivity contribution in [2.75, 3.05) is 44.3 Å². The van der Waals surface area contributed by atoms with Crippen molar-refractivity contribution in [2.45, 2.75) is 19.8 Å². The van der Waals surface area contributed by atoms with Gasteiger partial charge in [0.05, 0.1) is 29.9 Å². The Morgan fingerprint density at radius 2 is 2.03 bits per heavy atom. The van der Waals surface area contributed by atoms with Crippen LogP contribution in [0.1, 0.15) is 17.5 Å². The largest absolute Gasteiger partial charge is 0.379 e. The fourth-order valence-corrected chi connectivity index (χ4v) is 4.73. The smallest absolute Gasteiger partial charge is 0.233 e. The van der Waals surface area contributed by atoms with Crippen LogP contribution in [0.4, 0.5) is 9.52 Å². The van der Waals surface area contributed by atoms with E-state index < -0.39 is 0 Å². The molecule has 8 heteroatoms. The maximum absolute atomic E-state index is 13.6. The van der Waals surface area contributed by atoms with Crippen LogP contribution in [0.15, 0.2) is 42.5 Å². The summed E-state index contributed by atoms with van der Waals surface area (Å²) >= 11 is 1.37. The zero-order valence-electron chi connectivity index (χ0n) is 17.6. The number of carbonyl (C=O) groups excluding carboxylic acids is 1. The van der Waals surface area contributed by atoms with Crippen molar-refractivity contribution in [1.29, 1.82) is 0 Å². The number of nitrogens with zero attached hydrogens (tertiary/aromatic N) is 3. The molecule has 3 aromatic rings. The van der Waals surface area contributed by atoms with Crippen molar-refractivity contribution < 1.29 is 13.9 Å². The first-order chi connectivity index (χ1) is 14.6. The van der Waals surface area contributed by atoms with Crippen LogP contribution in [-0.4, -0.2) is 55.2 Å². The number of benzene rings is 2.